The van der Waals surface area contributed by atoms with E-state index in [1.165, 1.54) is 25.7 Å². The molecule has 0 amide bonds. The molecular formula is C13H23NO. The second kappa shape index (κ2) is 7.73. The van der Waals surface area contributed by atoms with Gasteiger partial charge < -0.3 is 10.1 Å². The first kappa shape index (κ1) is 12.5. The zero-order valence-electron chi connectivity index (χ0n) is 9.80. The van der Waals surface area contributed by atoms with Crippen LogP contribution in [0.3, 0.4) is 0 Å². The SMILES string of the molecule is C#CCCOCCN[C@H]1CC[C@@H](C)CC1. The lowest BCUT2D eigenvalue weighted by molar-refractivity contribution is 0.136. The van der Waals surface area contributed by atoms with Crippen LogP contribution in [0, 0.1) is 18.3 Å². The second-order valence-electron chi connectivity index (χ2n) is 4.48. The molecule has 0 aliphatic heterocycles. The molecule has 1 aliphatic carbocycles. The first-order chi connectivity index (χ1) is 7.33. The minimum absolute atomic E-state index is 0.694. The van der Waals surface area contributed by atoms with Gasteiger partial charge in [-0.25, -0.2) is 0 Å². The number of terminal acetylenes is 1. The third-order valence-electron chi connectivity index (χ3n) is 3.09. The number of nitrogens with one attached hydrogen (secondary N) is 1. The average Bonchev–Trinajstić information content (AvgIpc) is 2.26. The molecule has 0 unspecified atom stereocenters. The summed E-state index contributed by atoms with van der Waals surface area (Å²) in [6.45, 7) is 4.79. The summed E-state index contributed by atoms with van der Waals surface area (Å²) < 4.78 is 5.38. The number of hydrogen-bond acceptors (Lipinski definition) is 2. The Morgan fingerprint density at radius 1 is 1.27 bits per heavy atom. The van der Waals surface area contributed by atoms with Crippen LogP contribution in [0.4, 0.5) is 0 Å². The molecule has 0 atom stereocenters. The molecule has 1 saturated carbocycles. The van der Waals surface area contributed by atoms with Gasteiger partial charge in [-0.15, -0.1) is 12.3 Å². The van der Waals surface area contributed by atoms with Gasteiger partial charge >= 0.3 is 0 Å². The van der Waals surface area contributed by atoms with Gasteiger partial charge in [0.1, 0.15) is 0 Å². The average molecular weight is 209 g/mol. The third-order valence-corrected chi connectivity index (χ3v) is 3.09. The first-order valence-corrected chi connectivity index (χ1v) is 6.07. The van der Waals surface area contributed by atoms with Crippen LogP contribution in [0.1, 0.15) is 39.0 Å². The van der Waals surface area contributed by atoms with Crippen molar-refractivity contribution in [3.8, 4) is 12.3 Å². The van der Waals surface area contributed by atoms with E-state index in [1.54, 1.807) is 0 Å². The van der Waals surface area contributed by atoms with Crippen LogP contribution < -0.4 is 5.32 Å². The zero-order chi connectivity index (χ0) is 10.9. The highest BCUT2D eigenvalue weighted by Crippen LogP contribution is 2.23. The van der Waals surface area contributed by atoms with Crippen molar-refractivity contribution in [1.82, 2.24) is 5.32 Å². The van der Waals surface area contributed by atoms with Gasteiger partial charge in [-0.2, -0.15) is 0 Å². The summed E-state index contributed by atoms with van der Waals surface area (Å²) in [6.07, 6.45) is 11.2. The molecule has 0 saturated heterocycles. The van der Waals surface area contributed by atoms with E-state index in [-0.39, 0.29) is 0 Å². The van der Waals surface area contributed by atoms with E-state index in [2.05, 4.69) is 18.2 Å². The van der Waals surface area contributed by atoms with Gasteiger partial charge in [0.25, 0.3) is 0 Å². The normalized spacial score (nSPS) is 26.1. The highest BCUT2D eigenvalue weighted by molar-refractivity contribution is 4.82. The predicted octanol–water partition coefficient (Wildman–Crippen LogP) is 2.19. The molecule has 1 N–H and O–H groups in total. The summed E-state index contributed by atoms with van der Waals surface area (Å²) in [4.78, 5) is 0. The predicted molar refractivity (Wildman–Crippen MR) is 63.7 cm³/mol. The van der Waals surface area contributed by atoms with E-state index in [0.29, 0.717) is 6.61 Å². The summed E-state index contributed by atoms with van der Waals surface area (Å²) in [5, 5.41) is 3.54. The zero-order valence-corrected chi connectivity index (χ0v) is 9.80. The summed E-state index contributed by atoms with van der Waals surface area (Å²) in [6, 6.07) is 0.720. The summed E-state index contributed by atoms with van der Waals surface area (Å²) >= 11 is 0. The molecule has 0 heterocycles. The minimum Gasteiger partial charge on any atom is -0.379 e. The summed E-state index contributed by atoms with van der Waals surface area (Å²) in [5.74, 6) is 3.49. The highest BCUT2D eigenvalue weighted by atomic mass is 16.5. The van der Waals surface area contributed by atoms with Gasteiger partial charge in [0.2, 0.25) is 0 Å². The Bertz CT molecular complexity index is 189. The second-order valence-corrected chi connectivity index (χ2v) is 4.48. The van der Waals surface area contributed by atoms with Crippen molar-refractivity contribution in [1.29, 1.82) is 0 Å². The smallest absolute Gasteiger partial charge is 0.0591 e. The van der Waals surface area contributed by atoms with Gasteiger partial charge in [-0.1, -0.05) is 6.92 Å². The van der Waals surface area contributed by atoms with E-state index in [4.69, 9.17) is 11.2 Å². The van der Waals surface area contributed by atoms with E-state index in [1.807, 2.05) is 0 Å². The van der Waals surface area contributed by atoms with Crippen molar-refractivity contribution in [3.05, 3.63) is 0 Å². The van der Waals surface area contributed by atoms with Gasteiger partial charge in [0.15, 0.2) is 0 Å². The lowest BCUT2D eigenvalue weighted by Crippen LogP contribution is -2.34. The Kier molecular flexibility index (Phi) is 6.47. The molecule has 15 heavy (non-hydrogen) atoms. The molecule has 0 bridgehead atoms. The van der Waals surface area contributed by atoms with Crippen LogP contribution in [-0.2, 0) is 4.74 Å². The van der Waals surface area contributed by atoms with Crippen LogP contribution in [0.2, 0.25) is 0 Å². The van der Waals surface area contributed by atoms with Crippen molar-refractivity contribution in [3.63, 3.8) is 0 Å². The molecular weight excluding hydrogens is 186 g/mol. The molecule has 1 fully saturated rings. The Hall–Kier alpha value is -0.520. The lowest BCUT2D eigenvalue weighted by Gasteiger charge is -2.26. The highest BCUT2D eigenvalue weighted by Gasteiger charge is 2.16. The number of rotatable bonds is 6. The van der Waals surface area contributed by atoms with E-state index in [9.17, 15) is 0 Å². The maximum absolute atomic E-state index is 5.38. The van der Waals surface area contributed by atoms with Crippen molar-refractivity contribution in [2.24, 2.45) is 5.92 Å². The lowest BCUT2D eigenvalue weighted by atomic mass is 9.87. The molecule has 1 rings (SSSR count). The topological polar surface area (TPSA) is 21.3 Å². The van der Waals surface area contributed by atoms with Crippen molar-refractivity contribution in [2.75, 3.05) is 19.8 Å². The molecule has 0 spiro atoms. The molecule has 1 aliphatic rings. The van der Waals surface area contributed by atoms with Crippen LogP contribution in [0.25, 0.3) is 0 Å². The minimum atomic E-state index is 0.694. The molecule has 86 valence electrons. The fourth-order valence-corrected chi connectivity index (χ4v) is 2.03. The van der Waals surface area contributed by atoms with Gasteiger partial charge in [0, 0.05) is 19.0 Å². The Morgan fingerprint density at radius 3 is 2.67 bits per heavy atom. The molecule has 0 aromatic heterocycles. The maximum atomic E-state index is 5.38. The van der Waals surface area contributed by atoms with E-state index < -0.39 is 0 Å². The van der Waals surface area contributed by atoms with Crippen molar-refractivity contribution < 1.29 is 4.74 Å². The van der Waals surface area contributed by atoms with Crippen LogP contribution >= 0.6 is 0 Å². The van der Waals surface area contributed by atoms with Gasteiger partial charge in [-0.3, -0.25) is 0 Å². The monoisotopic (exact) mass is 209 g/mol. The van der Waals surface area contributed by atoms with Gasteiger partial charge in [0.05, 0.1) is 13.2 Å². The van der Waals surface area contributed by atoms with Crippen molar-refractivity contribution in [2.45, 2.75) is 45.1 Å². The molecule has 2 heteroatoms. The Balaban J connectivity index is 1.90. The Labute approximate surface area is 93.8 Å². The fraction of sp³-hybridized carbons (Fsp3) is 0.846. The number of ether oxygens (including phenoxy) is 1. The van der Waals surface area contributed by atoms with Gasteiger partial charge in [-0.05, 0) is 31.6 Å². The van der Waals surface area contributed by atoms with Crippen LogP contribution in [0.15, 0.2) is 0 Å². The molecule has 0 aromatic carbocycles. The maximum Gasteiger partial charge on any atom is 0.0591 e. The van der Waals surface area contributed by atoms with Crippen molar-refractivity contribution >= 4 is 0 Å². The number of hydrogen-bond donors (Lipinski definition) is 1. The van der Waals surface area contributed by atoms with E-state index >= 15 is 0 Å². The third kappa shape index (κ3) is 5.81. The quantitative estimate of drug-likeness (QED) is 0.535. The summed E-state index contributed by atoms with van der Waals surface area (Å²) in [7, 11) is 0. The standard InChI is InChI=1S/C13H23NO/c1-3-4-10-15-11-9-14-13-7-5-12(2)6-8-13/h1,12-14H,4-11H2,2H3/t12-,13+. The largest absolute Gasteiger partial charge is 0.379 e. The fourth-order valence-electron chi connectivity index (χ4n) is 2.03. The van der Waals surface area contributed by atoms with E-state index in [0.717, 1.165) is 31.5 Å². The van der Waals surface area contributed by atoms with Crippen LogP contribution in [0.5, 0.6) is 0 Å². The molecule has 0 aromatic rings. The molecule has 0 radical (unpaired) electrons. The van der Waals surface area contributed by atoms with Crippen LogP contribution in [-0.4, -0.2) is 25.8 Å². The summed E-state index contributed by atoms with van der Waals surface area (Å²) in [5.41, 5.74) is 0. The Morgan fingerprint density at radius 2 is 2.00 bits per heavy atom. The molecule has 2 nitrogen and oxygen atoms in total. The first-order valence-electron chi connectivity index (χ1n) is 6.07.